The number of ether oxygens (including phenoxy) is 1. The van der Waals surface area contributed by atoms with Gasteiger partial charge in [-0.15, -0.1) is 10.2 Å². The Morgan fingerprint density at radius 2 is 1.89 bits per heavy atom. The molecule has 0 radical (unpaired) electrons. The van der Waals surface area contributed by atoms with Gasteiger partial charge in [0.1, 0.15) is 5.82 Å². The van der Waals surface area contributed by atoms with E-state index < -0.39 is 23.1 Å². The minimum absolute atomic E-state index is 0.111. The van der Waals surface area contributed by atoms with Gasteiger partial charge in [0.15, 0.2) is 28.8 Å². The maximum Gasteiger partial charge on any atom is 0.248 e. The Balaban J connectivity index is 1.97. The molecule has 1 aromatic heterocycles. The Kier molecular flexibility index (Phi) is 5.08. The van der Waals surface area contributed by atoms with Gasteiger partial charge < -0.3 is 15.0 Å². The third-order valence-corrected chi connectivity index (χ3v) is 4.48. The molecule has 3 aromatic rings. The van der Waals surface area contributed by atoms with E-state index in [1.54, 1.807) is 31.5 Å². The van der Waals surface area contributed by atoms with Crippen molar-refractivity contribution in [2.45, 2.75) is 19.4 Å². The van der Waals surface area contributed by atoms with Gasteiger partial charge in [0.05, 0.1) is 5.02 Å². The Morgan fingerprint density at radius 1 is 1.18 bits per heavy atom. The van der Waals surface area contributed by atoms with Gasteiger partial charge >= 0.3 is 0 Å². The molecule has 1 amide bonds. The van der Waals surface area contributed by atoms with Crippen molar-refractivity contribution in [1.82, 2.24) is 14.8 Å². The van der Waals surface area contributed by atoms with Crippen LogP contribution in [0, 0.1) is 11.6 Å². The van der Waals surface area contributed by atoms with Crippen molar-refractivity contribution < 1.29 is 18.3 Å². The minimum atomic E-state index is -1.09. The molecule has 0 bridgehead atoms. The molecule has 1 heterocycles. The number of carbonyl (C=O) groups excluding carboxylic acids is 1. The largest absolute Gasteiger partial charge is 0.477 e. The smallest absolute Gasteiger partial charge is 0.248 e. The molecular formula is C19H17ClF2N4O2. The third kappa shape index (κ3) is 3.68. The Hall–Kier alpha value is -3.00. The number of nitrogens with two attached hydrogens (primary N) is 1. The molecule has 0 unspecified atom stereocenters. The Bertz CT molecular complexity index is 1070. The van der Waals surface area contributed by atoms with Crippen LogP contribution in [0.4, 0.5) is 8.78 Å². The van der Waals surface area contributed by atoms with E-state index in [0.29, 0.717) is 17.2 Å². The molecule has 0 aliphatic heterocycles. The second-order valence-corrected chi connectivity index (χ2v) is 7.06. The standard InChI is InChI=1S/C19H17ClF2N4O2/c1-19(2,28-15-7-5-11(21)9-14(15)22)18-25-24-17(26(18)3)12-6-4-10(16(23)27)8-13(12)20/h4-9H,1-3H3,(H2,23,27). The van der Waals surface area contributed by atoms with Crippen LogP contribution >= 0.6 is 11.6 Å². The molecule has 0 atom stereocenters. The van der Waals surface area contributed by atoms with Crippen molar-refractivity contribution in [3.8, 4) is 17.1 Å². The van der Waals surface area contributed by atoms with Crippen LogP contribution in [0.15, 0.2) is 36.4 Å². The highest BCUT2D eigenvalue weighted by Gasteiger charge is 2.31. The van der Waals surface area contributed by atoms with Crippen molar-refractivity contribution in [3.05, 3.63) is 64.4 Å². The first kappa shape index (κ1) is 19.8. The van der Waals surface area contributed by atoms with E-state index in [2.05, 4.69) is 10.2 Å². The molecule has 0 saturated carbocycles. The van der Waals surface area contributed by atoms with E-state index in [1.807, 2.05) is 0 Å². The zero-order chi connectivity index (χ0) is 20.6. The summed E-state index contributed by atoms with van der Waals surface area (Å²) in [6.45, 7) is 3.36. The summed E-state index contributed by atoms with van der Waals surface area (Å²) >= 11 is 6.26. The Morgan fingerprint density at radius 3 is 2.50 bits per heavy atom. The van der Waals surface area contributed by atoms with E-state index in [0.717, 1.165) is 12.1 Å². The van der Waals surface area contributed by atoms with Gasteiger partial charge in [0, 0.05) is 24.2 Å². The van der Waals surface area contributed by atoms with E-state index >= 15 is 0 Å². The SMILES string of the molecule is Cn1c(-c2ccc(C(N)=O)cc2Cl)nnc1C(C)(C)Oc1ccc(F)cc1F. The normalized spacial score (nSPS) is 11.5. The maximum atomic E-state index is 14.0. The van der Waals surface area contributed by atoms with Crippen LogP contribution in [0.1, 0.15) is 30.0 Å². The number of amides is 1. The number of nitrogens with zero attached hydrogens (tertiary/aromatic N) is 3. The number of carbonyl (C=O) groups is 1. The molecule has 0 fully saturated rings. The first-order valence-electron chi connectivity index (χ1n) is 8.24. The zero-order valence-electron chi connectivity index (χ0n) is 15.3. The molecule has 9 heteroatoms. The van der Waals surface area contributed by atoms with Crippen LogP contribution in [0.5, 0.6) is 5.75 Å². The topological polar surface area (TPSA) is 83.0 Å². The van der Waals surface area contributed by atoms with Crippen LogP contribution in [-0.2, 0) is 12.6 Å². The first-order chi connectivity index (χ1) is 13.1. The van der Waals surface area contributed by atoms with Crippen molar-refractivity contribution in [2.24, 2.45) is 12.8 Å². The predicted octanol–water partition coefficient (Wildman–Crippen LogP) is 3.83. The van der Waals surface area contributed by atoms with Gasteiger partial charge in [0.25, 0.3) is 0 Å². The molecule has 0 aliphatic rings. The fourth-order valence-corrected chi connectivity index (χ4v) is 3.08. The monoisotopic (exact) mass is 406 g/mol. The number of aromatic nitrogens is 3. The molecule has 28 heavy (non-hydrogen) atoms. The van der Waals surface area contributed by atoms with Gasteiger partial charge in [-0.1, -0.05) is 11.6 Å². The van der Waals surface area contributed by atoms with Crippen molar-refractivity contribution in [2.75, 3.05) is 0 Å². The second kappa shape index (κ2) is 7.20. The fraction of sp³-hybridized carbons (Fsp3) is 0.211. The average molecular weight is 407 g/mol. The first-order valence-corrected chi connectivity index (χ1v) is 8.61. The van der Waals surface area contributed by atoms with Crippen molar-refractivity contribution >= 4 is 17.5 Å². The molecule has 0 saturated heterocycles. The van der Waals surface area contributed by atoms with Gasteiger partial charge in [0.2, 0.25) is 5.91 Å². The number of benzene rings is 2. The molecule has 6 nitrogen and oxygen atoms in total. The zero-order valence-corrected chi connectivity index (χ0v) is 16.1. The fourth-order valence-electron chi connectivity index (χ4n) is 2.82. The summed E-state index contributed by atoms with van der Waals surface area (Å²) in [7, 11) is 1.70. The predicted molar refractivity (Wildman–Crippen MR) is 100.0 cm³/mol. The minimum Gasteiger partial charge on any atom is -0.477 e. The summed E-state index contributed by atoms with van der Waals surface area (Å²) in [5.41, 5.74) is 4.98. The molecule has 0 spiro atoms. The molecule has 0 aliphatic carbocycles. The molecule has 2 N–H and O–H groups in total. The molecule has 146 valence electrons. The maximum absolute atomic E-state index is 14.0. The van der Waals surface area contributed by atoms with Gasteiger partial charge in [-0.2, -0.15) is 0 Å². The number of hydrogen-bond acceptors (Lipinski definition) is 4. The summed E-state index contributed by atoms with van der Waals surface area (Å²) < 4.78 is 34.4. The van der Waals surface area contributed by atoms with Crippen molar-refractivity contribution in [3.63, 3.8) is 0 Å². The summed E-state index contributed by atoms with van der Waals surface area (Å²) in [5, 5.41) is 8.57. The van der Waals surface area contributed by atoms with Crippen LogP contribution in [-0.4, -0.2) is 20.7 Å². The van der Waals surface area contributed by atoms with E-state index in [-0.39, 0.29) is 16.3 Å². The van der Waals surface area contributed by atoms with Gasteiger partial charge in [-0.3, -0.25) is 4.79 Å². The number of hydrogen-bond donors (Lipinski definition) is 1. The molecular weight excluding hydrogens is 390 g/mol. The molecule has 3 rings (SSSR count). The summed E-state index contributed by atoms with van der Waals surface area (Å²) in [5.74, 6) is -1.41. The second-order valence-electron chi connectivity index (χ2n) is 6.65. The van der Waals surface area contributed by atoms with Crippen molar-refractivity contribution in [1.29, 1.82) is 0 Å². The van der Waals surface area contributed by atoms with E-state index in [1.165, 1.54) is 18.2 Å². The molecule has 2 aromatic carbocycles. The third-order valence-electron chi connectivity index (χ3n) is 4.17. The van der Waals surface area contributed by atoms with Crippen LogP contribution in [0.25, 0.3) is 11.4 Å². The van der Waals surface area contributed by atoms with Gasteiger partial charge in [-0.05, 0) is 44.2 Å². The highest BCUT2D eigenvalue weighted by molar-refractivity contribution is 6.33. The summed E-state index contributed by atoms with van der Waals surface area (Å²) in [4.78, 5) is 11.3. The number of primary amides is 1. The summed E-state index contributed by atoms with van der Waals surface area (Å²) in [6.07, 6.45) is 0. The van der Waals surface area contributed by atoms with Crippen LogP contribution < -0.4 is 10.5 Å². The van der Waals surface area contributed by atoms with Gasteiger partial charge in [-0.25, -0.2) is 8.78 Å². The summed E-state index contributed by atoms with van der Waals surface area (Å²) in [6, 6.07) is 7.66. The van der Waals surface area contributed by atoms with E-state index in [9.17, 15) is 13.6 Å². The highest BCUT2D eigenvalue weighted by Crippen LogP contribution is 2.32. The Labute approximate surface area is 164 Å². The van der Waals surface area contributed by atoms with Crippen LogP contribution in [0.3, 0.4) is 0 Å². The quantitative estimate of drug-likeness (QED) is 0.698. The lowest BCUT2D eigenvalue weighted by Gasteiger charge is -2.25. The number of rotatable bonds is 5. The lowest BCUT2D eigenvalue weighted by Crippen LogP contribution is -2.29. The highest BCUT2D eigenvalue weighted by atomic mass is 35.5. The number of halogens is 3. The lowest BCUT2D eigenvalue weighted by atomic mass is 10.1. The average Bonchev–Trinajstić information content (AvgIpc) is 2.99. The lowest BCUT2D eigenvalue weighted by molar-refractivity contribution is 0.0892. The van der Waals surface area contributed by atoms with Crippen LogP contribution in [0.2, 0.25) is 5.02 Å². The van der Waals surface area contributed by atoms with E-state index in [4.69, 9.17) is 22.1 Å².